The lowest BCUT2D eigenvalue weighted by Gasteiger charge is -2.14. The molecule has 9 heteroatoms. The molecular formula is C18H14F2IN3O2S. The predicted octanol–water partition coefficient (Wildman–Crippen LogP) is 4.99. The molecule has 3 aromatic rings. The molecule has 1 aliphatic rings. The predicted molar refractivity (Wildman–Crippen MR) is 108 cm³/mol. The quantitative estimate of drug-likeness (QED) is 0.369. The normalized spacial score (nSPS) is 13.7. The highest BCUT2D eigenvalue weighted by Crippen LogP contribution is 2.33. The Kier molecular flexibility index (Phi) is 5.24. The fraction of sp³-hybridized carbons (Fsp3) is 0.222. The van der Waals surface area contributed by atoms with Crippen LogP contribution in [-0.4, -0.2) is 17.5 Å². The largest absolute Gasteiger partial charge is 0.350 e. The smallest absolute Gasteiger partial charge is 0.277 e. The number of carbonyl (C=O) groups is 1. The summed E-state index contributed by atoms with van der Waals surface area (Å²) >= 11 is 3.20. The molecular weight excluding hydrogens is 487 g/mol. The van der Waals surface area contributed by atoms with Gasteiger partial charge in [0, 0.05) is 3.57 Å². The molecule has 5 nitrogen and oxygen atoms in total. The van der Waals surface area contributed by atoms with Gasteiger partial charge in [0.2, 0.25) is 0 Å². The van der Waals surface area contributed by atoms with Crippen LogP contribution in [0.1, 0.15) is 23.2 Å². The van der Waals surface area contributed by atoms with E-state index in [1.807, 2.05) is 22.6 Å². The minimum atomic E-state index is -0.709. The highest BCUT2D eigenvalue weighted by atomic mass is 127. The number of benzene rings is 2. The summed E-state index contributed by atoms with van der Waals surface area (Å²) in [4.78, 5) is 21.8. The van der Waals surface area contributed by atoms with E-state index in [0.717, 1.165) is 12.8 Å². The minimum Gasteiger partial charge on any atom is -0.350 e. The molecule has 1 fully saturated rings. The number of amides is 1. The number of carbonyl (C=O) groups excluding carboxylic acids is 1. The van der Waals surface area contributed by atoms with Crippen molar-refractivity contribution in [2.45, 2.75) is 12.8 Å². The van der Waals surface area contributed by atoms with Gasteiger partial charge >= 0.3 is 0 Å². The molecule has 1 aromatic heterocycles. The summed E-state index contributed by atoms with van der Waals surface area (Å²) in [6.45, 7) is 0.422. The number of halogens is 3. The minimum absolute atomic E-state index is 0.0259. The van der Waals surface area contributed by atoms with E-state index in [0.29, 0.717) is 20.8 Å². The second kappa shape index (κ2) is 7.64. The van der Waals surface area contributed by atoms with Crippen LogP contribution in [0, 0.1) is 21.1 Å². The van der Waals surface area contributed by atoms with Gasteiger partial charge in [-0.25, -0.2) is 19.2 Å². The van der Waals surface area contributed by atoms with Gasteiger partial charge in [-0.3, -0.25) is 9.63 Å². The molecule has 0 radical (unpaired) electrons. The van der Waals surface area contributed by atoms with E-state index >= 15 is 4.39 Å². The Morgan fingerprint density at radius 1 is 1.33 bits per heavy atom. The van der Waals surface area contributed by atoms with Crippen LogP contribution < -0.4 is 10.8 Å². The molecule has 140 valence electrons. The summed E-state index contributed by atoms with van der Waals surface area (Å²) in [5.74, 6) is -1.39. The molecule has 1 saturated carbocycles. The van der Waals surface area contributed by atoms with E-state index < -0.39 is 17.5 Å². The van der Waals surface area contributed by atoms with Gasteiger partial charge in [-0.1, -0.05) is 0 Å². The van der Waals surface area contributed by atoms with E-state index in [2.05, 4.69) is 15.8 Å². The van der Waals surface area contributed by atoms with Gasteiger partial charge in [0.1, 0.15) is 11.3 Å². The molecule has 0 atom stereocenters. The number of rotatable bonds is 6. The lowest BCUT2D eigenvalue weighted by atomic mass is 10.1. The lowest BCUT2D eigenvalue weighted by molar-refractivity contribution is 0.0271. The van der Waals surface area contributed by atoms with Gasteiger partial charge in [0.15, 0.2) is 5.82 Å². The van der Waals surface area contributed by atoms with Crippen molar-refractivity contribution in [2.24, 2.45) is 5.92 Å². The summed E-state index contributed by atoms with van der Waals surface area (Å²) in [7, 11) is 0. The summed E-state index contributed by atoms with van der Waals surface area (Å²) in [6, 6.07) is 6.02. The van der Waals surface area contributed by atoms with Crippen LogP contribution in [0.5, 0.6) is 0 Å². The summed E-state index contributed by atoms with van der Waals surface area (Å²) < 4.78 is 30.5. The molecule has 1 amide bonds. The monoisotopic (exact) mass is 501 g/mol. The van der Waals surface area contributed by atoms with Crippen LogP contribution >= 0.6 is 33.9 Å². The summed E-state index contributed by atoms with van der Waals surface area (Å²) in [5.41, 5.74) is 3.93. The topological polar surface area (TPSA) is 63.2 Å². The van der Waals surface area contributed by atoms with E-state index in [-0.39, 0.29) is 22.5 Å². The molecule has 0 aliphatic heterocycles. The molecule has 0 saturated heterocycles. The van der Waals surface area contributed by atoms with Crippen molar-refractivity contribution in [3.05, 3.63) is 50.5 Å². The SMILES string of the molecule is O=C(NOCC1CC1)c1cc2scnc2c(F)c1Nc1ccc(I)cc1F. The molecule has 1 heterocycles. The number of nitrogens with one attached hydrogen (secondary N) is 2. The van der Waals surface area contributed by atoms with Crippen molar-refractivity contribution in [3.8, 4) is 0 Å². The van der Waals surface area contributed by atoms with Crippen LogP contribution in [0.3, 0.4) is 0 Å². The van der Waals surface area contributed by atoms with Crippen LogP contribution in [-0.2, 0) is 4.84 Å². The van der Waals surface area contributed by atoms with Crippen molar-refractivity contribution in [3.63, 3.8) is 0 Å². The first kappa shape index (κ1) is 18.5. The molecule has 1 aliphatic carbocycles. The van der Waals surface area contributed by atoms with Crippen molar-refractivity contribution in [1.82, 2.24) is 10.5 Å². The van der Waals surface area contributed by atoms with Crippen molar-refractivity contribution in [2.75, 3.05) is 11.9 Å². The zero-order valence-corrected chi connectivity index (χ0v) is 16.9. The second-order valence-electron chi connectivity index (χ2n) is 6.25. The van der Waals surface area contributed by atoms with Crippen molar-refractivity contribution >= 4 is 61.4 Å². The number of fused-ring (bicyclic) bond motifs is 1. The third kappa shape index (κ3) is 4.04. The van der Waals surface area contributed by atoms with Crippen LogP contribution in [0.2, 0.25) is 0 Å². The van der Waals surface area contributed by atoms with Crippen LogP contribution in [0.4, 0.5) is 20.2 Å². The number of anilines is 2. The Morgan fingerprint density at radius 3 is 2.89 bits per heavy atom. The average molecular weight is 501 g/mol. The summed E-state index contributed by atoms with van der Waals surface area (Å²) in [6.07, 6.45) is 2.16. The summed E-state index contributed by atoms with van der Waals surface area (Å²) in [5, 5.41) is 2.71. The number of nitrogens with zero attached hydrogens (tertiary/aromatic N) is 1. The molecule has 2 aromatic carbocycles. The number of aromatic nitrogens is 1. The molecule has 0 unspecified atom stereocenters. The maximum absolute atomic E-state index is 15.0. The van der Waals surface area contributed by atoms with Crippen LogP contribution in [0.15, 0.2) is 29.8 Å². The van der Waals surface area contributed by atoms with Crippen molar-refractivity contribution in [1.29, 1.82) is 0 Å². The Labute approximate surface area is 171 Å². The van der Waals surface area contributed by atoms with Gasteiger partial charge in [-0.2, -0.15) is 0 Å². The first-order chi connectivity index (χ1) is 13.0. The third-order valence-corrected chi connectivity index (χ3v) is 5.63. The third-order valence-electron chi connectivity index (χ3n) is 4.18. The molecule has 0 spiro atoms. The molecule has 0 bridgehead atoms. The molecule has 27 heavy (non-hydrogen) atoms. The van der Waals surface area contributed by atoms with Crippen molar-refractivity contribution < 1.29 is 18.4 Å². The lowest BCUT2D eigenvalue weighted by Crippen LogP contribution is -2.26. The number of hydroxylamine groups is 1. The zero-order chi connectivity index (χ0) is 19.0. The number of hydrogen-bond donors (Lipinski definition) is 2. The first-order valence-electron chi connectivity index (χ1n) is 8.23. The highest BCUT2D eigenvalue weighted by Gasteiger charge is 2.24. The Hall–Kier alpha value is -1.85. The van der Waals surface area contributed by atoms with Gasteiger partial charge in [0.05, 0.1) is 33.8 Å². The second-order valence-corrected chi connectivity index (χ2v) is 8.38. The van der Waals surface area contributed by atoms with Crippen LogP contribution in [0.25, 0.3) is 10.2 Å². The van der Waals surface area contributed by atoms with Gasteiger partial charge in [0.25, 0.3) is 5.91 Å². The maximum atomic E-state index is 15.0. The molecule has 2 N–H and O–H groups in total. The average Bonchev–Trinajstić information content (AvgIpc) is 3.33. The highest BCUT2D eigenvalue weighted by molar-refractivity contribution is 14.1. The maximum Gasteiger partial charge on any atom is 0.277 e. The molecule has 4 rings (SSSR count). The fourth-order valence-electron chi connectivity index (χ4n) is 2.55. The van der Waals surface area contributed by atoms with E-state index in [9.17, 15) is 9.18 Å². The van der Waals surface area contributed by atoms with Gasteiger partial charge in [-0.15, -0.1) is 11.3 Å². The fourth-order valence-corrected chi connectivity index (χ4v) is 3.72. The van der Waals surface area contributed by atoms with Gasteiger partial charge < -0.3 is 5.32 Å². The number of hydrogen-bond acceptors (Lipinski definition) is 5. The van der Waals surface area contributed by atoms with E-state index in [4.69, 9.17) is 4.84 Å². The first-order valence-corrected chi connectivity index (χ1v) is 10.2. The number of thiazole rings is 1. The van der Waals surface area contributed by atoms with E-state index in [1.165, 1.54) is 35.0 Å². The Bertz CT molecular complexity index is 1020. The van der Waals surface area contributed by atoms with E-state index in [1.54, 1.807) is 6.07 Å². The standard InChI is InChI=1S/C18H14F2IN3O2S/c19-12-5-10(21)3-4-13(12)23-16-11(18(25)24-26-7-9-1-2-9)6-14-17(15(16)20)22-8-27-14/h3-6,8-9,23H,1-2,7H2,(H,24,25). The van der Waals surface area contributed by atoms with Gasteiger partial charge in [-0.05, 0) is 65.6 Å². The Balaban J connectivity index is 1.69. The zero-order valence-electron chi connectivity index (χ0n) is 13.9. The Morgan fingerprint density at radius 2 is 2.15 bits per heavy atom.